The summed E-state index contributed by atoms with van der Waals surface area (Å²) in [5.74, 6) is 0.783. The first-order valence-corrected chi connectivity index (χ1v) is 8.97. The van der Waals surface area contributed by atoms with Crippen molar-refractivity contribution >= 4 is 10.0 Å². The lowest BCUT2D eigenvalue weighted by Crippen LogP contribution is -2.27. The molecule has 1 aromatic rings. The number of benzene rings is 1. The van der Waals surface area contributed by atoms with Gasteiger partial charge in [0.2, 0.25) is 10.0 Å². The number of nitrogens with one attached hydrogen (secondary N) is 1. The van der Waals surface area contributed by atoms with E-state index >= 15 is 0 Å². The van der Waals surface area contributed by atoms with E-state index in [9.17, 15) is 8.42 Å². The summed E-state index contributed by atoms with van der Waals surface area (Å²) in [7, 11) is -3.50. The van der Waals surface area contributed by atoms with Gasteiger partial charge in [-0.05, 0) is 62.3 Å². The average molecular weight is 311 g/mol. The van der Waals surface area contributed by atoms with Gasteiger partial charge in [0, 0.05) is 12.6 Å². The van der Waals surface area contributed by atoms with E-state index in [2.05, 4.69) is 4.72 Å². The van der Waals surface area contributed by atoms with Crippen molar-refractivity contribution in [2.24, 2.45) is 5.92 Å². The SMILES string of the molecule is O=S(=O)(N[C@@H]1C[C@@H]1CO)c1ccc(OC2CCCC2)cc1. The van der Waals surface area contributed by atoms with E-state index in [4.69, 9.17) is 9.84 Å². The molecule has 2 fully saturated rings. The van der Waals surface area contributed by atoms with Crippen molar-refractivity contribution < 1.29 is 18.3 Å². The Hall–Kier alpha value is -1.11. The fourth-order valence-corrected chi connectivity index (χ4v) is 4.07. The highest BCUT2D eigenvalue weighted by molar-refractivity contribution is 7.89. The molecule has 2 atom stereocenters. The summed E-state index contributed by atoms with van der Waals surface area (Å²) in [6.45, 7) is 0.0291. The predicted molar refractivity (Wildman–Crippen MR) is 78.6 cm³/mol. The van der Waals surface area contributed by atoms with Gasteiger partial charge in [0.05, 0.1) is 11.0 Å². The van der Waals surface area contributed by atoms with E-state index in [1.54, 1.807) is 24.3 Å². The van der Waals surface area contributed by atoms with Crippen molar-refractivity contribution in [2.75, 3.05) is 6.61 Å². The van der Waals surface area contributed by atoms with Gasteiger partial charge in [0.25, 0.3) is 0 Å². The summed E-state index contributed by atoms with van der Waals surface area (Å²) in [6.07, 6.45) is 5.53. The maximum absolute atomic E-state index is 12.2. The molecule has 1 aromatic carbocycles. The minimum absolute atomic E-state index is 0.0291. The van der Waals surface area contributed by atoms with Crippen molar-refractivity contribution in [3.8, 4) is 5.75 Å². The van der Waals surface area contributed by atoms with E-state index in [-0.39, 0.29) is 29.6 Å². The topological polar surface area (TPSA) is 75.6 Å². The number of hydrogen-bond donors (Lipinski definition) is 2. The summed E-state index contributed by atoms with van der Waals surface area (Å²) in [6, 6.07) is 6.44. The first-order valence-electron chi connectivity index (χ1n) is 7.48. The monoisotopic (exact) mass is 311 g/mol. The molecule has 0 spiro atoms. The zero-order valence-corrected chi connectivity index (χ0v) is 12.7. The molecule has 0 bridgehead atoms. The largest absolute Gasteiger partial charge is 0.490 e. The van der Waals surface area contributed by atoms with Crippen molar-refractivity contribution in [2.45, 2.75) is 49.1 Å². The van der Waals surface area contributed by atoms with Crippen LogP contribution in [0, 0.1) is 5.92 Å². The molecule has 116 valence electrons. The first-order chi connectivity index (χ1) is 10.1. The molecule has 3 rings (SSSR count). The first kappa shape index (κ1) is 14.8. The van der Waals surface area contributed by atoms with Gasteiger partial charge >= 0.3 is 0 Å². The number of aliphatic hydroxyl groups is 1. The third-order valence-corrected chi connectivity index (χ3v) is 5.71. The van der Waals surface area contributed by atoms with Crippen LogP contribution in [0.5, 0.6) is 5.75 Å². The second-order valence-electron chi connectivity index (χ2n) is 5.90. The molecule has 0 heterocycles. The van der Waals surface area contributed by atoms with Crippen LogP contribution in [0.4, 0.5) is 0 Å². The Bertz CT molecular complexity index is 578. The molecule has 21 heavy (non-hydrogen) atoms. The second kappa shape index (κ2) is 5.94. The fraction of sp³-hybridized carbons (Fsp3) is 0.600. The Morgan fingerprint density at radius 2 is 1.86 bits per heavy atom. The van der Waals surface area contributed by atoms with Crippen LogP contribution in [0.25, 0.3) is 0 Å². The molecule has 0 radical (unpaired) electrons. The maximum Gasteiger partial charge on any atom is 0.240 e. The van der Waals surface area contributed by atoms with Gasteiger partial charge in [-0.15, -0.1) is 0 Å². The van der Waals surface area contributed by atoms with E-state index < -0.39 is 10.0 Å². The number of sulfonamides is 1. The third kappa shape index (κ3) is 3.56. The van der Waals surface area contributed by atoms with Crippen molar-refractivity contribution in [3.05, 3.63) is 24.3 Å². The van der Waals surface area contributed by atoms with Crippen molar-refractivity contribution in [1.29, 1.82) is 0 Å². The summed E-state index contributed by atoms with van der Waals surface area (Å²) in [5, 5.41) is 8.96. The summed E-state index contributed by atoms with van der Waals surface area (Å²) >= 11 is 0. The Balaban J connectivity index is 1.62. The molecule has 6 heteroatoms. The lowest BCUT2D eigenvalue weighted by molar-refractivity contribution is 0.210. The normalized spacial score (nSPS) is 26.0. The van der Waals surface area contributed by atoms with E-state index in [0.717, 1.165) is 18.6 Å². The highest BCUT2D eigenvalue weighted by atomic mass is 32.2. The van der Waals surface area contributed by atoms with Crippen LogP contribution in [-0.4, -0.2) is 32.3 Å². The number of aliphatic hydroxyl groups excluding tert-OH is 1. The third-order valence-electron chi connectivity index (χ3n) is 4.20. The Morgan fingerprint density at radius 1 is 1.19 bits per heavy atom. The van der Waals surface area contributed by atoms with Crippen molar-refractivity contribution in [3.63, 3.8) is 0 Å². The zero-order valence-electron chi connectivity index (χ0n) is 11.9. The van der Waals surface area contributed by atoms with E-state index in [1.165, 1.54) is 12.8 Å². The highest BCUT2D eigenvalue weighted by Gasteiger charge is 2.39. The molecule has 2 saturated carbocycles. The van der Waals surface area contributed by atoms with E-state index in [1.807, 2.05) is 0 Å². The smallest absolute Gasteiger partial charge is 0.240 e. The molecule has 0 unspecified atom stereocenters. The Labute approximate surface area is 125 Å². The molecule has 0 aliphatic heterocycles. The van der Waals surface area contributed by atoms with Gasteiger partial charge in [0.15, 0.2) is 0 Å². The van der Waals surface area contributed by atoms with Gasteiger partial charge in [-0.1, -0.05) is 0 Å². The molecule has 5 nitrogen and oxygen atoms in total. The molecule has 2 aliphatic carbocycles. The molecular formula is C15H21NO4S. The van der Waals surface area contributed by atoms with Crippen LogP contribution in [0.1, 0.15) is 32.1 Å². The lowest BCUT2D eigenvalue weighted by atomic mass is 10.3. The van der Waals surface area contributed by atoms with E-state index in [0.29, 0.717) is 6.42 Å². The summed E-state index contributed by atoms with van der Waals surface area (Å²) in [5.41, 5.74) is 0. The second-order valence-corrected chi connectivity index (χ2v) is 7.62. The van der Waals surface area contributed by atoms with Crippen LogP contribution in [0.3, 0.4) is 0 Å². The van der Waals surface area contributed by atoms with Crippen molar-refractivity contribution in [1.82, 2.24) is 4.72 Å². The highest BCUT2D eigenvalue weighted by Crippen LogP contribution is 2.31. The molecular weight excluding hydrogens is 290 g/mol. The molecule has 0 saturated heterocycles. The number of rotatable bonds is 6. The number of hydrogen-bond acceptors (Lipinski definition) is 4. The predicted octanol–water partition coefficient (Wildman–Crippen LogP) is 1.67. The zero-order chi connectivity index (χ0) is 14.9. The van der Waals surface area contributed by atoms with Gasteiger partial charge in [-0.2, -0.15) is 0 Å². The van der Waals surface area contributed by atoms with Gasteiger partial charge in [-0.3, -0.25) is 0 Å². The molecule has 2 N–H and O–H groups in total. The average Bonchev–Trinajstić information content (AvgIpc) is 2.99. The molecule has 0 aromatic heterocycles. The van der Waals surface area contributed by atoms with Gasteiger partial charge < -0.3 is 9.84 Å². The van der Waals surface area contributed by atoms with Crippen LogP contribution in [0.15, 0.2) is 29.2 Å². The quantitative estimate of drug-likeness (QED) is 0.838. The van der Waals surface area contributed by atoms with Gasteiger partial charge in [0.1, 0.15) is 5.75 Å². The summed E-state index contributed by atoms with van der Waals surface area (Å²) < 4.78 is 32.8. The van der Waals surface area contributed by atoms with Crippen LogP contribution in [0.2, 0.25) is 0 Å². The Morgan fingerprint density at radius 3 is 2.43 bits per heavy atom. The van der Waals surface area contributed by atoms with Crippen LogP contribution < -0.4 is 9.46 Å². The fourth-order valence-electron chi connectivity index (χ4n) is 2.76. The standard InChI is InChI=1S/C15H21NO4S/c17-10-11-9-15(11)16-21(18,19)14-7-5-13(6-8-14)20-12-3-1-2-4-12/h5-8,11-12,15-17H,1-4,9-10H2/t11-,15-/m1/s1. The van der Waals surface area contributed by atoms with Crippen LogP contribution >= 0.6 is 0 Å². The lowest BCUT2D eigenvalue weighted by Gasteiger charge is -2.13. The van der Waals surface area contributed by atoms with Crippen LogP contribution in [-0.2, 0) is 10.0 Å². The molecule has 0 amide bonds. The Kier molecular flexibility index (Phi) is 4.19. The molecule has 2 aliphatic rings. The number of ether oxygens (including phenoxy) is 1. The maximum atomic E-state index is 12.2. The minimum Gasteiger partial charge on any atom is -0.490 e. The minimum atomic E-state index is -3.50. The van der Waals surface area contributed by atoms with Gasteiger partial charge in [-0.25, -0.2) is 13.1 Å². The summed E-state index contributed by atoms with van der Waals surface area (Å²) in [4.78, 5) is 0.241.